The zero-order valence-corrected chi connectivity index (χ0v) is 22.5. The number of anilines is 1. The van der Waals surface area contributed by atoms with Crippen molar-refractivity contribution in [2.24, 2.45) is 11.7 Å². The molecule has 0 spiro atoms. The van der Waals surface area contributed by atoms with Gasteiger partial charge in [0.1, 0.15) is 21.5 Å². The molecular formula is C27H27N5O4S2. The molecule has 2 saturated heterocycles. The van der Waals surface area contributed by atoms with Crippen molar-refractivity contribution in [3.05, 3.63) is 75.0 Å². The lowest BCUT2D eigenvalue weighted by Crippen LogP contribution is -2.40. The molecule has 0 saturated carbocycles. The molecule has 0 bridgehead atoms. The summed E-state index contributed by atoms with van der Waals surface area (Å²) in [5.74, 6) is 0.525. The molecule has 0 atom stereocenters. The maximum Gasteiger partial charge on any atom is 0.267 e. The molecule has 0 aliphatic carbocycles. The number of amides is 2. The van der Waals surface area contributed by atoms with Gasteiger partial charge in [0.2, 0.25) is 5.91 Å². The summed E-state index contributed by atoms with van der Waals surface area (Å²) in [6.45, 7) is 1.50. The number of nitrogens with zero attached hydrogens (tertiary/aromatic N) is 4. The van der Waals surface area contributed by atoms with Gasteiger partial charge in [0.15, 0.2) is 0 Å². The Kier molecular flexibility index (Phi) is 7.48. The predicted molar refractivity (Wildman–Crippen MR) is 152 cm³/mol. The average molecular weight is 550 g/mol. The number of carbonyl (C=O) groups is 2. The first-order chi connectivity index (χ1) is 18.4. The fourth-order valence-corrected chi connectivity index (χ4v) is 5.98. The Hall–Kier alpha value is -3.70. The Labute approximate surface area is 229 Å². The minimum absolute atomic E-state index is 0.196. The SMILES string of the molecule is COc1ccc(CCN2C(=O)/C(=C/c3c(N4CCC(C(N)=O)CC4)nc4ccccn4c3=O)SC2=S)cc1. The largest absolute Gasteiger partial charge is 0.497 e. The van der Waals surface area contributed by atoms with Crippen molar-refractivity contribution in [2.45, 2.75) is 19.3 Å². The van der Waals surface area contributed by atoms with Crippen molar-refractivity contribution in [1.29, 1.82) is 0 Å². The third-order valence-corrected chi connectivity index (χ3v) is 8.26. The Balaban J connectivity index is 1.44. The number of methoxy groups -OCH3 is 1. The highest BCUT2D eigenvalue weighted by molar-refractivity contribution is 8.26. The van der Waals surface area contributed by atoms with E-state index in [1.54, 1.807) is 36.4 Å². The number of carbonyl (C=O) groups excluding carboxylic acids is 2. The van der Waals surface area contributed by atoms with Crippen LogP contribution in [0.2, 0.25) is 0 Å². The Bertz CT molecular complexity index is 1490. The van der Waals surface area contributed by atoms with E-state index in [4.69, 9.17) is 27.7 Å². The smallest absolute Gasteiger partial charge is 0.267 e. The summed E-state index contributed by atoms with van der Waals surface area (Å²) in [6.07, 6.45) is 5.06. The van der Waals surface area contributed by atoms with Crippen LogP contribution < -0.4 is 20.9 Å². The number of rotatable bonds is 7. The number of aromatic nitrogens is 2. The minimum Gasteiger partial charge on any atom is -0.497 e. The first-order valence-electron chi connectivity index (χ1n) is 12.3. The molecule has 2 fully saturated rings. The lowest BCUT2D eigenvalue weighted by molar-refractivity contribution is -0.123. The highest BCUT2D eigenvalue weighted by Crippen LogP contribution is 2.34. The maximum atomic E-state index is 13.6. The van der Waals surface area contributed by atoms with Crippen molar-refractivity contribution in [3.8, 4) is 5.75 Å². The second-order valence-corrected chi connectivity index (χ2v) is 10.9. The van der Waals surface area contributed by atoms with Gasteiger partial charge in [-0.25, -0.2) is 4.98 Å². The Morgan fingerprint density at radius 1 is 1.18 bits per heavy atom. The number of fused-ring (bicyclic) bond motifs is 1. The molecule has 3 aromatic rings. The van der Waals surface area contributed by atoms with E-state index in [0.29, 0.717) is 65.2 Å². The number of hydrogen-bond acceptors (Lipinski definition) is 8. The topological polar surface area (TPSA) is 110 Å². The first kappa shape index (κ1) is 25.9. The predicted octanol–water partition coefficient (Wildman–Crippen LogP) is 2.85. The van der Waals surface area contributed by atoms with Gasteiger partial charge in [-0.3, -0.25) is 23.7 Å². The number of pyridine rings is 1. The Morgan fingerprint density at radius 3 is 2.61 bits per heavy atom. The fraction of sp³-hybridized carbons (Fsp3) is 0.296. The molecule has 4 heterocycles. The second-order valence-electron chi connectivity index (χ2n) is 9.18. The summed E-state index contributed by atoms with van der Waals surface area (Å²) in [5, 5.41) is 0. The number of hydrogen-bond donors (Lipinski definition) is 1. The van der Waals surface area contributed by atoms with Crippen LogP contribution in [0.1, 0.15) is 24.0 Å². The van der Waals surface area contributed by atoms with Gasteiger partial charge in [0.25, 0.3) is 11.5 Å². The molecule has 0 unspecified atom stereocenters. The van der Waals surface area contributed by atoms with E-state index in [-0.39, 0.29) is 23.3 Å². The van der Waals surface area contributed by atoms with Crippen LogP contribution in [0.3, 0.4) is 0 Å². The highest BCUT2D eigenvalue weighted by atomic mass is 32.2. The van der Waals surface area contributed by atoms with E-state index < -0.39 is 0 Å². The number of benzene rings is 1. The van der Waals surface area contributed by atoms with Gasteiger partial charge in [-0.05, 0) is 55.2 Å². The monoisotopic (exact) mass is 549 g/mol. The summed E-state index contributed by atoms with van der Waals surface area (Å²) in [5.41, 5.74) is 7.12. The van der Waals surface area contributed by atoms with Gasteiger partial charge in [0.05, 0.1) is 17.6 Å². The lowest BCUT2D eigenvalue weighted by Gasteiger charge is -2.32. The van der Waals surface area contributed by atoms with Crippen LogP contribution in [0.15, 0.2) is 58.4 Å². The number of thioether (sulfide) groups is 1. The van der Waals surface area contributed by atoms with Crippen molar-refractivity contribution in [3.63, 3.8) is 0 Å². The first-order valence-corrected chi connectivity index (χ1v) is 13.5. The summed E-state index contributed by atoms with van der Waals surface area (Å²) >= 11 is 6.71. The normalized spacial score (nSPS) is 17.6. The van der Waals surface area contributed by atoms with E-state index in [9.17, 15) is 14.4 Å². The molecule has 0 radical (unpaired) electrons. The van der Waals surface area contributed by atoms with Gasteiger partial charge in [-0.15, -0.1) is 0 Å². The van der Waals surface area contributed by atoms with Gasteiger partial charge in [0, 0.05) is 31.7 Å². The van der Waals surface area contributed by atoms with Crippen LogP contribution in [0.5, 0.6) is 5.75 Å². The van der Waals surface area contributed by atoms with E-state index in [2.05, 4.69) is 0 Å². The molecule has 9 nitrogen and oxygen atoms in total. The number of piperidine rings is 1. The molecule has 2 amide bonds. The van der Waals surface area contributed by atoms with Crippen molar-refractivity contribution < 1.29 is 14.3 Å². The third kappa shape index (κ3) is 5.16. The number of ether oxygens (including phenoxy) is 1. The summed E-state index contributed by atoms with van der Waals surface area (Å²) < 4.78 is 7.12. The van der Waals surface area contributed by atoms with E-state index in [1.165, 1.54) is 16.2 Å². The van der Waals surface area contributed by atoms with Crippen LogP contribution in [0, 0.1) is 5.92 Å². The van der Waals surface area contributed by atoms with Crippen LogP contribution in [-0.2, 0) is 16.0 Å². The minimum atomic E-state index is -0.310. The standard InChI is InChI=1S/C27H27N5O4S2/c1-36-19-7-5-17(6-8-19)9-15-32-26(35)21(38-27(32)37)16-20-24(30-13-10-18(11-14-30)23(28)33)29-22-4-2-3-12-31(22)25(20)34/h2-8,12,16,18H,9-11,13-15H2,1H3,(H2,28,33)/b21-16-. The molecule has 2 aliphatic heterocycles. The molecule has 2 N–H and O–H groups in total. The lowest BCUT2D eigenvalue weighted by atomic mass is 9.96. The molecule has 11 heteroatoms. The zero-order chi connectivity index (χ0) is 26.8. The molecule has 2 aromatic heterocycles. The molecule has 2 aliphatic rings. The van der Waals surface area contributed by atoms with Crippen molar-refractivity contribution in [1.82, 2.24) is 14.3 Å². The average Bonchev–Trinajstić information content (AvgIpc) is 3.20. The summed E-state index contributed by atoms with van der Waals surface area (Å²) in [4.78, 5) is 47.3. The van der Waals surface area contributed by atoms with Crippen LogP contribution >= 0.6 is 24.0 Å². The maximum absolute atomic E-state index is 13.6. The highest BCUT2D eigenvalue weighted by Gasteiger charge is 2.33. The molecule has 1 aromatic carbocycles. The summed E-state index contributed by atoms with van der Waals surface area (Å²) in [6, 6.07) is 13.0. The molecule has 38 heavy (non-hydrogen) atoms. The van der Waals surface area contributed by atoms with Gasteiger partial charge in [-0.2, -0.15) is 0 Å². The fourth-order valence-electron chi connectivity index (χ4n) is 4.69. The van der Waals surface area contributed by atoms with Gasteiger partial charge in [-0.1, -0.05) is 42.2 Å². The third-order valence-electron chi connectivity index (χ3n) is 6.88. The van der Waals surface area contributed by atoms with Crippen LogP contribution in [-0.4, -0.2) is 57.2 Å². The van der Waals surface area contributed by atoms with Crippen LogP contribution in [0.4, 0.5) is 5.82 Å². The number of thiocarbonyl (C=S) groups is 1. The van der Waals surface area contributed by atoms with E-state index >= 15 is 0 Å². The summed E-state index contributed by atoms with van der Waals surface area (Å²) in [7, 11) is 1.62. The number of nitrogens with two attached hydrogens (primary N) is 1. The quantitative estimate of drug-likeness (QED) is 0.354. The van der Waals surface area contributed by atoms with Gasteiger partial charge >= 0.3 is 0 Å². The molecular weight excluding hydrogens is 522 g/mol. The van der Waals surface area contributed by atoms with Gasteiger partial charge < -0.3 is 15.4 Å². The molecule has 196 valence electrons. The van der Waals surface area contributed by atoms with Crippen molar-refractivity contribution in [2.75, 3.05) is 31.6 Å². The Morgan fingerprint density at radius 2 is 1.92 bits per heavy atom. The second kappa shape index (κ2) is 11.0. The zero-order valence-electron chi connectivity index (χ0n) is 20.8. The number of primary amides is 1. The van der Waals surface area contributed by atoms with Crippen molar-refractivity contribution >= 4 is 57.7 Å². The van der Waals surface area contributed by atoms with E-state index in [0.717, 1.165) is 11.3 Å². The molecule has 5 rings (SSSR count). The van der Waals surface area contributed by atoms with E-state index in [1.807, 2.05) is 35.2 Å². The van der Waals surface area contributed by atoms with Crippen LogP contribution in [0.25, 0.3) is 11.7 Å².